The number of carbonyl (C=O) groups excluding carboxylic acids is 1. The van der Waals surface area contributed by atoms with Crippen molar-refractivity contribution in [3.63, 3.8) is 0 Å². The standard InChI is InChI=1S/C11H19N3O3S/c1-7(9(6-15)18-4)12-11(16)8-5-10(17-3)14(2)13-8/h5,7,9,15H,6H2,1-4H3,(H,12,16). The second-order valence-corrected chi connectivity index (χ2v) is 4.99. The predicted octanol–water partition coefficient (Wildman–Crippen LogP) is 0.271. The first-order chi connectivity index (χ1) is 8.53. The largest absolute Gasteiger partial charge is 0.481 e. The molecule has 0 aliphatic heterocycles. The number of nitrogens with zero attached hydrogens (tertiary/aromatic N) is 2. The Hall–Kier alpha value is -1.21. The molecule has 1 rings (SSSR count). The minimum Gasteiger partial charge on any atom is -0.481 e. The molecule has 0 fully saturated rings. The molecule has 1 aromatic rings. The molecule has 0 aliphatic rings. The molecule has 0 spiro atoms. The Kier molecular flexibility index (Phi) is 5.49. The summed E-state index contributed by atoms with van der Waals surface area (Å²) in [5.74, 6) is 0.255. The van der Waals surface area contributed by atoms with Gasteiger partial charge < -0.3 is 15.2 Å². The predicted molar refractivity (Wildman–Crippen MR) is 71.1 cm³/mol. The van der Waals surface area contributed by atoms with Gasteiger partial charge >= 0.3 is 0 Å². The Labute approximate surface area is 111 Å². The van der Waals surface area contributed by atoms with Crippen LogP contribution in [-0.4, -0.2) is 52.1 Å². The van der Waals surface area contributed by atoms with Crippen molar-refractivity contribution in [1.82, 2.24) is 15.1 Å². The van der Waals surface area contributed by atoms with Gasteiger partial charge in [0.25, 0.3) is 5.91 Å². The number of aryl methyl sites for hydroxylation is 1. The van der Waals surface area contributed by atoms with Gasteiger partial charge in [-0.15, -0.1) is 0 Å². The molecule has 2 unspecified atom stereocenters. The third-order valence-corrected chi connectivity index (χ3v) is 3.84. The number of nitrogens with one attached hydrogen (secondary N) is 1. The van der Waals surface area contributed by atoms with Gasteiger partial charge in [-0.25, -0.2) is 4.68 Å². The number of thioether (sulfide) groups is 1. The average molecular weight is 273 g/mol. The van der Waals surface area contributed by atoms with Crippen LogP contribution in [0.15, 0.2) is 6.07 Å². The van der Waals surface area contributed by atoms with Crippen molar-refractivity contribution in [2.24, 2.45) is 7.05 Å². The average Bonchev–Trinajstić information content (AvgIpc) is 2.72. The first-order valence-electron chi connectivity index (χ1n) is 5.56. The second-order valence-electron chi connectivity index (χ2n) is 3.91. The van der Waals surface area contributed by atoms with Crippen LogP contribution < -0.4 is 10.1 Å². The summed E-state index contributed by atoms with van der Waals surface area (Å²) in [4.78, 5) is 11.9. The summed E-state index contributed by atoms with van der Waals surface area (Å²) in [6.45, 7) is 1.88. The van der Waals surface area contributed by atoms with E-state index in [4.69, 9.17) is 9.84 Å². The summed E-state index contributed by atoms with van der Waals surface area (Å²) >= 11 is 1.51. The monoisotopic (exact) mass is 273 g/mol. The third kappa shape index (κ3) is 3.39. The number of hydrogen-bond donors (Lipinski definition) is 2. The number of rotatable bonds is 6. The Bertz CT molecular complexity index is 404. The van der Waals surface area contributed by atoms with Crippen molar-refractivity contribution in [3.05, 3.63) is 11.8 Å². The van der Waals surface area contributed by atoms with Gasteiger partial charge in [-0.05, 0) is 13.2 Å². The molecular weight excluding hydrogens is 254 g/mol. The Morgan fingerprint density at radius 3 is 2.83 bits per heavy atom. The van der Waals surface area contributed by atoms with Crippen LogP contribution >= 0.6 is 11.8 Å². The highest BCUT2D eigenvalue weighted by Crippen LogP contribution is 2.13. The van der Waals surface area contributed by atoms with E-state index in [0.717, 1.165) is 0 Å². The normalized spacial score (nSPS) is 14.1. The van der Waals surface area contributed by atoms with Crippen molar-refractivity contribution in [3.8, 4) is 5.88 Å². The number of amides is 1. The fourth-order valence-corrected chi connectivity index (χ4v) is 2.19. The van der Waals surface area contributed by atoms with Gasteiger partial charge in [0, 0.05) is 24.4 Å². The molecule has 18 heavy (non-hydrogen) atoms. The summed E-state index contributed by atoms with van der Waals surface area (Å²) in [5.41, 5.74) is 0.305. The first kappa shape index (κ1) is 14.8. The molecule has 0 saturated heterocycles. The lowest BCUT2D eigenvalue weighted by Gasteiger charge is -2.20. The topological polar surface area (TPSA) is 76.4 Å². The van der Waals surface area contributed by atoms with Crippen LogP contribution in [0.4, 0.5) is 0 Å². The van der Waals surface area contributed by atoms with E-state index in [9.17, 15) is 4.79 Å². The van der Waals surface area contributed by atoms with Crippen molar-refractivity contribution < 1.29 is 14.6 Å². The molecule has 1 heterocycles. The molecule has 0 aromatic carbocycles. The number of ether oxygens (including phenoxy) is 1. The van der Waals surface area contributed by atoms with E-state index >= 15 is 0 Å². The van der Waals surface area contributed by atoms with Gasteiger partial charge in [-0.3, -0.25) is 4.79 Å². The molecule has 102 valence electrons. The van der Waals surface area contributed by atoms with Gasteiger partial charge in [-0.1, -0.05) is 0 Å². The summed E-state index contributed by atoms with van der Waals surface area (Å²) in [7, 11) is 3.23. The van der Waals surface area contributed by atoms with Crippen LogP contribution in [0, 0.1) is 0 Å². The number of hydrogen-bond acceptors (Lipinski definition) is 5. The SMILES string of the molecule is COc1cc(C(=O)NC(C)C(CO)SC)nn1C. The Balaban J connectivity index is 2.69. The van der Waals surface area contributed by atoms with Gasteiger partial charge in [-0.2, -0.15) is 16.9 Å². The second kappa shape index (κ2) is 6.65. The molecule has 7 heteroatoms. The zero-order valence-electron chi connectivity index (χ0n) is 11.0. The minimum atomic E-state index is -0.270. The zero-order valence-corrected chi connectivity index (χ0v) is 11.8. The highest BCUT2D eigenvalue weighted by atomic mass is 32.2. The zero-order chi connectivity index (χ0) is 13.7. The number of aliphatic hydroxyl groups is 1. The van der Waals surface area contributed by atoms with Gasteiger partial charge in [0.2, 0.25) is 5.88 Å². The van der Waals surface area contributed by atoms with Crippen molar-refractivity contribution in [2.45, 2.75) is 18.2 Å². The maximum absolute atomic E-state index is 11.9. The van der Waals surface area contributed by atoms with Crippen LogP contribution in [0.3, 0.4) is 0 Å². The molecule has 0 bridgehead atoms. The minimum absolute atomic E-state index is 0.0220. The van der Waals surface area contributed by atoms with Crippen molar-refractivity contribution >= 4 is 17.7 Å². The molecule has 2 N–H and O–H groups in total. The Morgan fingerprint density at radius 1 is 1.72 bits per heavy atom. The summed E-state index contributed by atoms with van der Waals surface area (Å²) in [5, 5.41) is 16.0. The molecule has 0 radical (unpaired) electrons. The van der Waals surface area contributed by atoms with E-state index in [1.807, 2.05) is 13.2 Å². The smallest absolute Gasteiger partial charge is 0.272 e. The van der Waals surface area contributed by atoms with Crippen LogP contribution in [0.25, 0.3) is 0 Å². The van der Waals surface area contributed by atoms with Crippen LogP contribution in [-0.2, 0) is 7.05 Å². The lowest BCUT2D eigenvalue weighted by Crippen LogP contribution is -2.41. The quantitative estimate of drug-likeness (QED) is 0.778. The van der Waals surface area contributed by atoms with Crippen molar-refractivity contribution in [2.75, 3.05) is 20.0 Å². The van der Waals surface area contributed by atoms with Crippen molar-refractivity contribution in [1.29, 1.82) is 0 Å². The highest BCUT2D eigenvalue weighted by Gasteiger charge is 2.20. The molecule has 0 saturated carbocycles. The fourth-order valence-electron chi connectivity index (χ4n) is 1.56. The number of carbonyl (C=O) groups is 1. The molecule has 6 nitrogen and oxygen atoms in total. The fraction of sp³-hybridized carbons (Fsp3) is 0.636. The molecule has 1 aromatic heterocycles. The maximum Gasteiger partial charge on any atom is 0.272 e. The molecule has 0 aliphatic carbocycles. The number of aliphatic hydroxyl groups excluding tert-OH is 1. The van der Waals surface area contributed by atoms with E-state index in [0.29, 0.717) is 11.6 Å². The lowest BCUT2D eigenvalue weighted by molar-refractivity contribution is 0.0930. The van der Waals surface area contributed by atoms with E-state index in [1.54, 1.807) is 13.1 Å². The number of aromatic nitrogens is 2. The molecule has 2 atom stereocenters. The maximum atomic E-state index is 11.9. The van der Waals surface area contributed by atoms with Gasteiger partial charge in [0.05, 0.1) is 13.7 Å². The van der Waals surface area contributed by atoms with E-state index in [2.05, 4.69) is 10.4 Å². The third-order valence-electron chi connectivity index (χ3n) is 2.68. The molecular formula is C11H19N3O3S. The summed E-state index contributed by atoms with van der Waals surface area (Å²) in [6, 6.07) is 1.44. The van der Waals surface area contributed by atoms with Crippen LogP contribution in [0.1, 0.15) is 17.4 Å². The first-order valence-corrected chi connectivity index (χ1v) is 6.84. The summed E-state index contributed by atoms with van der Waals surface area (Å²) < 4.78 is 6.54. The van der Waals surface area contributed by atoms with E-state index in [1.165, 1.54) is 23.6 Å². The lowest BCUT2D eigenvalue weighted by atomic mass is 10.2. The van der Waals surface area contributed by atoms with E-state index < -0.39 is 0 Å². The number of methoxy groups -OCH3 is 1. The Morgan fingerprint density at radius 2 is 2.39 bits per heavy atom. The summed E-state index contributed by atoms with van der Waals surface area (Å²) in [6.07, 6.45) is 1.90. The molecule has 1 amide bonds. The van der Waals surface area contributed by atoms with Gasteiger partial charge in [0.1, 0.15) is 0 Å². The van der Waals surface area contributed by atoms with Crippen LogP contribution in [0.5, 0.6) is 5.88 Å². The van der Waals surface area contributed by atoms with E-state index in [-0.39, 0.29) is 23.8 Å². The van der Waals surface area contributed by atoms with Crippen LogP contribution in [0.2, 0.25) is 0 Å². The van der Waals surface area contributed by atoms with Gasteiger partial charge in [0.15, 0.2) is 5.69 Å². The highest BCUT2D eigenvalue weighted by molar-refractivity contribution is 7.99.